The van der Waals surface area contributed by atoms with Gasteiger partial charge >= 0.3 is 6.09 Å². The Labute approximate surface area is 171 Å². The number of carbonyl (C=O) groups is 1. The topological polar surface area (TPSA) is 54.9 Å². The maximum absolute atomic E-state index is 13.3. The van der Waals surface area contributed by atoms with Crippen LogP contribution in [0.1, 0.15) is 35.6 Å². The lowest BCUT2D eigenvalue weighted by atomic mass is 9.86. The summed E-state index contributed by atoms with van der Waals surface area (Å²) in [5, 5.41) is 0. The Morgan fingerprint density at radius 3 is 2.72 bits per heavy atom. The molecule has 1 aromatic carbocycles. The third-order valence-corrected chi connectivity index (χ3v) is 6.65. The van der Waals surface area contributed by atoms with Crippen LogP contribution in [0.5, 0.6) is 5.88 Å². The highest BCUT2D eigenvalue weighted by Gasteiger charge is 2.39. The second-order valence-electron chi connectivity index (χ2n) is 8.24. The van der Waals surface area contributed by atoms with Gasteiger partial charge in [-0.2, -0.15) is 0 Å². The molecule has 0 unspecified atom stereocenters. The van der Waals surface area contributed by atoms with E-state index in [0.29, 0.717) is 18.3 Å². The van der Waals surface area contributed by atoms with Crippen LogP contribution in [-0.2, 0) is 11.2 Å². The number of benzene rings is 1. The summed E-state index contributed by atoms with van der Waals surface area (Å²) < 4.78 is 11.4. The van der Waals surface area contributed by atoms with Crippen LogP contribution < -0.4 is 4.74 Å². The second-order valence-corrected chi connectivity index (χ2v) is 8.24. The molecule has 4 aliphatic heterocycles. The predicted octanol–water partition coefficient (Wildman–Crippen LogP) is 3.27. The van der Waals surface area contributed by atoms with E-state index in [1.807, 2.05) is 23.1 Å². The summed E-state index contributed by atoms with van der Waals surface area (Å²) in [6, 6.07) is 12.0. The van der Waals surface area contributed by atoms with E-state index < -0.39 is 0 Å². The van der Waals surface area contributed by atoms with Gasteiger partial charge in [-0.25, -0.2) is 9.78 Å². The maximum Gasteiger partial charge on any atom is 0.410 e. The smallest absolute Gasteiger partial charge is 0.410 e. The van der Waals surface area contributed by atoms with Crippen LogP contribution >= 0.6 is 0 Å². The Morgan fingerprint density at radius 1 is 1.14 bits per heavy atom. The van der Waals surface area contributed by atoms with Crippen molar-refractivity contribution in [2.45, 2.75) is 31.4 Å². The molecule has 1 aromatic heterocycles. The van der Waals surface area contributed by atoms with E-state index in [1.165, 1.54) is 5.56 Å². The third-order valence-electron chi connectivity index (χ3n) is 6.65. The Hall–Kier alpha value is -2.60. The molecule has 2 bridgehead atoms. The molecule has 1 amide bonds. The summed E-state index contributed by atoms with van der Waals surface area (Å²) in [5.74, 6) is 1.05. The van der Waals surface area contributed by atoms with Gasteiger partial charge in [-0.05, 0) is 61.0 Å². The lowest BCUT2D eigenvalue weighted by molar-refractivity contribution is -0.0462. The van der Waals surface area contributed by atoms with E-state index in [0.717, 1.165) is 50.0 Å². The fraction of sp³-hybridized carbons (Fsp3) is 0.478. The summed E-state index contributed by atoms with van der Waals surface area (Å²) in [7, 11) is 1.61. The largest absolute Gasteiger partial charge is 0.481 e. The van der Waals surface area contributed by atoms with E-state index >= 15 is 0 Å². The van der Waals surface area contributed by atoms with Gasteiger partial charge in [0.25, 0.3) is 0 Å². The van der Waals surface area contributed by atoms with Crippen LogP contribution in [-0.4, -0.2) is 60.3 Å². The number of rotatable bonds is 3. The molecule has 6 rings (SSSR count). The zero-order chi connectivity index (χ0) is 19.8. The molecule has 0 radical (unpaired) electrons. The first-order valence-corrected chi connectivity index (χ1v) is 10.5. The van der Waals surface area contributed by atoms with Gasteiger partial charge in [-0.3, -0.25) is 9.80 Å². The van der Waals surface area contributed by atoms with Crippen LogP contribution in [0, 0.1) is 5.92 Å². The van der Waals surface area contributed by atoms with Crippen molar-refractivity contribution >= 4 is 6.09 Å². The molecule has 0 aliphatic carbocycles. The summed E-state index contributed by atoms with van der Waals surface area (Å²) in [4.78, 5) is 21.9. The molecule has 3 saturated heterocycles. The zero-order valence-electron chi connectivity index (χ0n) is 16.8. The van der Waals surface area contributed by atoms with Gasteiger partial charge < -0.3 is 9.47 Å². The molecular formula is C23H27N3O3. The molecule has 5 heterocycles. The van der Waals surface area contributed by atoms with Gasteiger partial charge in [-0.15, -0.1) is 0 Å². The monoisotopic (exact) mass is 393 g/mol. The van der Waals surface area contributed by atoms with Gasteiger partial charge in [-0.1, -0.05) is 24.3 Å². The molecule has 29 heavy (non-hydrogen) atoms. The van der Waals surface area contributed by atoms with Crippen molar-refractivity contribution in [1.82, 2.24) is 14.8 Å². The average molecular weight is 393 g/mol. The number of fused-ring (bicyclic) bond motifs is 4. The predicted molar refractivity (Wildman–Crippen MR) is 109 cm³/mol. The third kappa shape index (κ3) is 3.46. The molecule has 6 nitrogen and oxygen atoms in total. The quantitative estimate of drug-likeness (QED) is 0.801. The van der Waals surface area contributed by atoms with E-state index in [-0.39, 0.29) is 18.2 Å². The number of pyridine rings is 1. The average Bonchev–Trinajstić information content (AvgIpc) is 2.79. The first-order valence-electron chi connectivity index (χ1n) is 10.5. The van der Waals surface area contributed by atoms with E-state index in [1.54, 1.807) is 13.3 Å². The number of amides is 1. The van der Waals surface area contributed by atoms with Crippen molar-refractivity contribution in [2.24, 2.45) is 5.92 Å². The Balaban J connectivity index is 1.45. The minimum absolute atomic E-state index is 0.00907. The SMILES string of the molecule is COc1cc([C@H]2c3ccccc3CCN2C(=O)O[C@@H]2CN3CCC2CC3)ccn1. The van der Waals surface area contributed by atoms with Gasteiger partial charge in [0, 0.05) is 25.4 Å². The van der Waals surface area contributed by atoms with Gasteiger partial charge in [0.1, 0.15) is 6.10 Å². The van der Waals surface area contributed by atoms with Crippen molar-refractivity contribution in [3.05, 3.63) is 59.3 Å². The molecule has 2 aromatic rings. The molecule has 0 spiro atoms. The summed E-state index contributed by atoms with van der Waals surface area (Å²) in [5.41, 5.74) is 3.42. The van der Waals surface area contributed by atoms with Crippen molar-refractivity contribution in [1.29, 1.82) is 0 Å². The normalized spacial score (nSPS) is 28.0. The zero-order valence-corrected chi connectivity index (χ0v) is 16.8. The number of aromatic nitrogens is 1. The number of carbonyl (C=O) groups excluding carboxylic acids is 1. The number of piperidine rings is 3. The van der Waals surface area contributed by atoms with Crippen LogP contribution in [0.3, 0.4) is 0 Å². The standard InChI is InChI=1S/C23H27N3O3/c1-28-21-14-18(6-10-24-21)22-19-5-3-2-4-16(19)9-13-26(22)23(27)29-20-15-25-11-7-17(20)8-12-25/h2-6,10,14,17,20,22H,7-9,11-13,15H2,1H3/t20-,22+/m1/s1. The highest BCUT2D eigenvalue weighted by atomic mass is 16.6. The highest BCUT2D eigenvalue weighted by molar-refractivity contribution is 5.70. The lowest BCUT2D eigenvalue weighted by Crippen LogP contribution is -2.53. The maximum atomic E-state index is 13.3. The van der Waals surface area contributed by atoms with Crippen molar-refractivity contribution in [3.63, 3.8) is 0 Å². The fourth-order valence-corrected chi connectivity index (χ4v) is 5.07. The van der Waals surface area contributed by atoms with Crippen molar-refractivity contribution < 1.29 is 14.3 Å². The molecule has 2 atom stereocenters. The number of hydrogen-bond donors (Lipinski definition) is 0. The lowest BCUT2D eigenvalue weighted by Gasteiger charge is -2.45. The Bertz CT molecular complexity index is 894. The van der Waals surface area contributed by atoms with E-state index in [4.69, 9.17) is 9.47 Å². The number of ether oxygens (including phenoxy) is 2. The van der Waals surface area contributed by atoms with E-state index in [2.05, 4.69) is 28.1 Å². The molecule has 4 aliphatic rings. The number of nitrogens with zero attached hydrogens (tertiary/aromatic N) is 3. The first kappa shape index (κ1) is 18.4. The summed E-state index contributed by atoms with van der Waals surface area (Å²) >= 11 is 0. The Kier molecular flexibility index (Phi) is 4.87. The highest BCUT2D eigenvalue weighted by Crippen LogP contribution is 2.37. The van der Waals surface area contributed by atoms with Gasteiger partial charge in [0.2, 0.25) is 5.88 Å². The first-order chi connectivity index (χ1) is 14.2. The van der Waals surface area contributed by atoms with Crippen LogP contribution in [0.25, 0.3) is 0 Å². The van der Waals surface area contributed by atoms with Crippen molar-refractivity contribution in [2.75, 3.05) is 33.3 Å². The Morgan fingerprint density at radius 2 is 1.97 bits per heavy atom. The number of hydrogen-bond acceptors (Lipinski definition) is 5. The van der Waals surface area contributed by atoms with Crippen LogP contribution in [0.15, 0.2) is 42.6 Å². The summed E-state index contributed by atoms with van der Waals surface area (Å²) in [6.45, 7) is 3.78. The van der Waals surface area contributed by atoms with Crippen molar-refractivity contribution in [3.8, 4) is 5.88 Å². The molecule has 3 fully saturated rings. The van der Waals surface area contributed by atoms with Gasteiger partial charge in [0.05, 0.1) is 13.2 Å². The molecule has 6 heteroatoms. The molecule has 0 saturated carbocycles. The molecule has 0 N–H and O–H groups in total. The summed E-state index contributed by atoms with van der Waals surface area (Å²) in [6.07, 6.45) is 4.64. The fourth-order valence-electron chi connectivity index (χ4n) is 5.07. The molecule has 152 valence electrons. The minimum Gasteiger partial charge on any atom is -0.481 e. The molecular weight excluding hydrogens is 366 g/mol. The van der Waals surface area contributed by atoms with Crippen LogP contribution in [0.2, 0.25) is 0 Å². The minimum atomic E-state index is -0.209. The van der Waals surface area contributed by atoms with E-state index in [9.17, 15) is 4.79 Å². The van der Waals surface area contributed by atoms with Crippen LogP contribution in [0.4, 0.5) is 4.79 Å². The number of methoxy groups -OCH3 is 1. The second kappa shape index (κ2) is 7.67. The van der Waals surface area contributed by atoms with Gasteiger partial charge in [0.15, 0.2) is 0 Å².